The normalized spacial score (nSPS) is 33.0. The second kappa shape index (κ2) is 3.91. The number of hydroxylamine groups is 1. The standard InChI is InChI=1S/C7H15NO2/c1-6-3-4-7(10-6)5-8-9-2/h6-8H,3-5H2,1-2H3. The molecule has 0 aliphatic carbocycles. The Balaban J connectivity index is 2.06. The van der Waals surface area contributed by atoms with Gasteiger partial charge in [0.25, 0.3) is 0 Å². The van der Waals surface area contributed by atoms with E-state index in [0.29, 0.717) is 12.2 Å². The molecule has 0 aromatic rings. The van der Waals surface area contributed by atoms with Crippen LogP contribution in [0.4, 0.5) is 0 Å². The quantitative estimate of drug-likeness (QED) is 0.593. The molecule has 1 saturated heterocycles. The minimum Gasteiger partial charge on any atom is -0.374 e. The van der Waals surface area contributed by atoms with E-state index in [4.69, 9.17) is 9.57 Å². The van der Waals surface area contributed by atoms with Gasteiger partial charge in [-0.3, -0.25) is 0 Å². The maximum atomic E-state index is 5.52. The second-order valence-corrected chi connectivity index (χ2v) is 2.70. The number of hydrogen-bond donors (Lipinski definition) is 1. The average Bonchev–Trinajstić information content (AvgIpc) is 2.31. The van der Waals surface area contributed by atoms with Crippen LogP contribution in [0, 0.1) is 0 Å². The molecule has 60 valence electrons. The van der Waals surface area contributed by atoms with Gasteiger partial charge in [-0.2, -0.15) is 0 Å². The molecule has 3 nitrogen and oxygen atoms in total. The fourth-order valence-corrected chi connectivity index (χ4v) is 1.21. The molecular formula is C7H15NO2. The third kappa shape index (κ3) is 2.25. The van der Waals surface area contributed by atoms with Crippen molar-refractivity contribution in [3.8, 4) is 0 Å². The second-order valence-electron chi connectivity index (χ2n) is 2.70. The van der Waals surface area contributed by atoms with Gasteiger partial charge in [0.1, 0.15) is 0 Å². The van der Waals surface area contributed by atoms with Crippen molar-refractivity contribution < 1.29 is 9.57 Å². The molecular weight excluding hydrogens is 130 g/mol. The van der Waals surface area contributed by atoms with Gasteiger partial charge in [0.15, 0.2) is 0 Å². The summed E-state index contributed by atoms with van der Waals surface area (Å²) in [6.45, 7) is 2.91. The van der Waals surface area contributed by atoms with Crippen molar-refractivity contribution in [2.45, 2.75) is 32.0 Å². The molecule has 2 unspecified atom stereocenters. The first-order chi connectivity index (χ1) is 4.83. The molecule has 0 amide bonds. The molecule has 1 aliphatic rings. The van der Waals surface area contributed by atoms with Crippen LogP contribution in [0.5, 0.6) is 0 Å². The fourth-order valence-electron chi connectivity index (χ4n) is 1.21. The predicted molar refractivity (Wildman–Crippen MR) is 38.6 cm³/mol. The maximum Gasteiger partial charge on any atom is 0.0727 e. The van der Waals surface area contributed by atoms with Gasteiger partial charge in [-0.15, -0.1) is 0 Å². The lowest BCUT2D eigenvalue weighted by atomic mass is 10.2. The Hall–Kier alpha value is -0.120. The van der Waals surface area contributed by atoms with Crippen LogP contribution in [0.25, 0.3) is 0 Å². The first-order valence-electron chi connectivity index (χ1n) is 3.74. The SMILES string of the molecule is CONCC1CCC(C)O1. The van der Waals surface area contributed by atoms with Gasteiger partial charge in [-0.25, -0.2) is 5.48 Å². The van der Waals surface area contributed by atoms with E-state index < -0.39 is 0 Å². The Labute approximate surface area is 61.7 Å². The minimum atomic E-state index is 0.356. The van der Waals surface area contributed by atoms with Gasteiger partial charge in [-0.05, 0) is 19.8 Å². The third-order valence-corrected chi connectivity index (χ3v) is 1.78. The topological polar surface area (TPSA) is 30.5 Å². The number of hydrogen-bond acceptors (Lipinski definition) is 3. The molecule has 1 rings (SSSR count). The van der Waals surface area contributed by atoms with Crippen molar-refractivity contribution in [3.05, 3.63) is 0 Å². The van der Waals surface area contributed by atoms with Crippen LogP contribution in [0.15, 0.2) is 0 Å². The van der Waals surface area contributed by atoms with Crippen LogP contribution in [-0.4, -0.2) is 25.9 Å². The highest BCUT2D eigenvalue weighted by Crippen LogP contribution is 2.17. The zero-order valence-corrected chi connectivity index (χ0v) is 6.59. The summed E-state index contributed by atoms with van der Waals surface area (Å²) in [4.78, 5) is 4.71. The van der Waals surface area contributed by atoms with E-state index in [1.54, 1.807) is 7.11 Å². The Morgan fingerprint density at radius 1 is 1.60 bits per heavy atom. The molecule has 0 aromatic heterocycles. The minimum absolute atomic E-state index is 0.356. The lowest BCUT2D eigenvalue weighted by Crippen LogP contribution is -2.25. The van der Waals surface area contributed by atoms with Gasteiger partial charge in [0.05, 0.1) is 19.3 Å². The first kappa shape index (κ1) is 7.98. The summed E-state index contributed by atoms with van der Waals surface area (Å²) in [5, 5.41) is 0. The van der Waals surface area contributed by atoms with Crippen molar-refractivity contribution in [2.75, 3.05) is 13.7 Å². The molecule has 3 heteroatoms. The van der Waals surface area contributed by atoms with Crippen LogP contribution in [0.1, 0.15) is 19.8 Å². The van der Waals surface area contributed by atoms with Crippen LogP contribution in [-0.2, 0) is 9.57 Å². The lowest BCUT2D eigenvalue weighted by Gasteiger charge is -2.09. The van der Waals surface area contributed by atoms with Gasteiger partial charge < -0.3 is 9.57 Å². The maximum absolute atomic E-state index is 5.52. The zero-order valence-electron chi connectivity index (χ0n) is 6.59. The lowest BCUT2D eigenvalue weighted by molar-refractivity contribution is 0.0122. The van der Waals surface area contributed by atoms with E-state index in [1.165, 1.54) is 6.42 Å². The molecule has 0 saturated carbocycles. The Bertz CT molecular complexity index is 97.6. The van der Waals surface area contributed by atoms with Crippen LogP contribution >= 0.6 is 0 Å². The summed E-state index contributed by atoms with van der Waals surface area (Å²) >= 11 is 0. The largest absolute Gasteiger partial charge is 0.374 e. The Kier molecular flexibility index (Phi) is 3.12. The smallest absolute Gasteiger partial charge is 0.0727 e. The zero-order chi connectivity index (χ0) is 7.40. The van der Waals surface area contributed by atoms with E-state index in [2.05, 4.69) is 12.4 Å². The van der Waals surface area contributed by atoms with Gasteiger partial charge in [0.2, 0.25) is 0 Å². The fraction of sp³-hybridized carbons (Fsp3) is 1.00. The molecule has 0 spiro atoms. The summed E-state index contributed by atoms with van der Waals surface area (Å²) in [6.07, 6.45) is 3.12. The van der Waals surface area contributed by atoms with E-state index in [-0.39, 0.29) is 0 Å². The number of rotatable bonds is 3. The predicted octanol–water partition coefficient (Wildman–Crippen LogP) is 0.705. The highest BCUT2D eigenvalue weighted by atomic mass is 16.6. The molecule has 0 bridgehead atoms. The molecule has 0 aromatic carbocycles. The molecule has 10 heavy (non-hydrogen) atoms. The highest BCUT2D eigenvalue weighted by molar-refractivity contribution is 4.70. The summed E-state index contributed by atoms with van der Waals surface area (Å²) in [7, 11) is 1.62. The average molecular weight is 145 g/mol. The summed E-state index contributed by atoms with van der Waals surface area (Å²) in [5.74, 6) is 0. The van der Waals surface area contributed by atoms with Crippen molar-refractivity contribution in [1.82, 2.24) is 5.48 Å². The summed E-state index contributed by atoms with van der Waals surface area (Å²) < 4.78 is 5.52. The molecule has 1 fully saturated rings. The van der Waals surface area contributed by atoms with Crippen molar-refractivity contribution in [2.24, 2.45) is 0 Å². The van der Waals surface area contributed by atoms with Crippen molar-refractivity contribution >= 4 is 0 Å². The monoisotopic (exact) mass is 145 g/mol. The highest BCUT2D eigenvalue weighted by Gasteiger charge is 2.20. The molecule has 1 aliphatic heterocycles. The first-order valence-corrected chi connectivity index (χ1v) is 3.74. The molecule has 0 radical (unpaired) electrons. The third-order valence-electron chi connectivity index (χ3n) is 1.78. The summed E-state index contributed by atoms with van der Waals surface area (Å²) in [5.41, 5.74) is 2.79. The Morgan fingerprint density at radius 3 is 2.90 bits per heavy atom. The van der Waals surface area contributed by atoms with E-state index in [1.807, 2.05) is 0 Å². The van der Waals surface area contributed by atoms with Crippen molar-refractivity contribution in [1.29, 1.82) is 0 Å². The van der Waals surface area contributed by atoms with Crippen LogP contribution in [0.3, 0.4) is 0 Å². The van der Waals surface area contributed by atoms with Crippen molar-refractivity contribution in [3.63, 3.8) is 0 Å². The van der Waals surface area contributed by atoms with Gasteiger partial charge in [0, 0.05) is 6.54 Å². The number of ether oxygens (including phenoxy) is 1. The molecule has 1 N–H and O–H groups in total. The molecule has 2 atom stereocenters. The van der Waals surface area contributed by atoms with Gasteiger partial charge in [-0.1, -0.05) is 0 Å². The summed E-state index contributed by atoms with van der Waals surface area (Å²) in [6, 6.07) is 0. The van der Waals surface area contributed by atoms with Crippen LogP contribution in [0.2, 0.25) is 0 Å². The molecule has 1 heterocycles. The van der Waals surface area contributed by atoms with E-state index in [9.17, 15) is 0 Å². The number of nitrogens with one attached hydrogen (secondary N) is 1. The van der Waals surface area contributed by atoms with Gasteiger partial charge >= 0.3 is 0 Å². The van der Waals surface area contributed by atoms with E-state index >= 15 is 0 Å². The Morgan fingerprint density at radius 2 is 2.40 bits per heavy atom. The van der Waals surface area contributed by atoms with Crippen LogP contribution < -0.4 is 5.48 Å². The van der Waals surface area contributed by atoms with E-state index in [0.717, 1.165) is 13.0 Å².